The van der Waals surface area contributed by atoms with Gasteiger partial charge in [-0.1, -0.05) is 18.2 Å². The van der Waals surface area contributed by atoms with Gasteiger partial charge in [0.1, 0.15) is 5.75 Å². The predicted molar refractivity (Wildman–Crippen MR) is 124 cm³/mol. The summed E-state index contributed by atoms with van der Waals surface area (Å²) in [6.45, 7) is 5.02. The van der Waals surface area contributed by atoms with Gasteiger partial charge in [-0.3, -0.25) is 4.79 Å². The van der Waals surface area contributed by atoms with E-state index in [9.17, 15) is 4.79 Å². The van der Waals surface area contributed by atoms with Crippen LogP contribution in [0.25, 0.3) is 21.8 Å². The van der Waals surface area contributed by atoms with Crippen molar-refractivity contribution in [2.75, 3.05) is 36.5 Å². The number of morpholine rings is 1. The molecule has 4 aromatic rings. The zero-order chi connectivity index (χ0) is 21.2. The van der Waals surface area contributed by atoms with E-state index in [0.717, 1.165) is 54.1 Å². The highest BCUT2D eigenvalue weighted by Gasteiger charge is 2.16. The number of carbonyl (C=O) groups excluding carboxylic acids is 1. The largest absolute Gasteiger partial charge is 0.481 e. The van der Waals surface area contributed by atoms with Crippen LogP contribution >= 0.6 is 0 Å². The zero-order valence-corrected chi connectivity index (χ0v) is 17.4. The second kappa shape index (κ2) is 8.32. The fourth-order valence-corrected chi connectivity index (χ4v) is 3.99. The second-order valence-electron chi connectivity index (χ2n) is 7.77. The Labute approximate surface area is 180 Å². The molecule has 1 amide bonds. The van der Waals surface area contributed by atoms with Crippen LogP contribution in [0.15, 0.2) is 66.7 Å². The molecule has 6 nitrogen and oxygen atoms in total. The first kappa shape index (κ1) is 19.5. The number of anilines is 2. The van der Waals surface area contributed by atoms with Crippen LogP contribution in [0.5, 0.6) is 5.75 Å². The highest BCUT2D eigenvalue weighted by atomic mass is 16.5. The molecule has 2 heterocycles. The van der Waals surface area contributed by atoms with Crippen molar-refractivity contribution in [3.05, 3.63) is 66.7 Å². The molecule has 0 radical (unpaired) electrons. The summed E-state index contributed by atoms with van der Waals surface area (Å²) in [4.78, 5) is 18.3. The third-order valence-corrected chi connectivity index (χ3v) is 5.67. The monoisotopic (exact) mass is 415 g/mol. The Bertz CT molecular complexity index is 1210. The van der Waals surface area contributed by atoms with Gasteiger partial charge in [-0.2, -0.15) is 0 Å². The van der Waals surface area contributed by atoms with Crippen molar-refractivity contribution < 1.29 is 14.3 Å². The molecule has 0 aliphatic carbocycles. The molecule has 1 atom stereocenters. The number of nitrogens with one attached hydrogen (secondary N) is 2. The number of para-hydroxylation sites is 1. The molecular formula is C25H25N3O3. The fraction of sp³-hybridized carbons (Fsp3) is 0.240. The number of benzene rings is 3. The minimum atomic E-state index is -0.624. The molecule has 1 fully saturated rings. The molecule has 31 heavy (non-hydrogen) atoms. The summed E-state index contributed by atoms with van der Waals surface area (Å²) in [5.74, 6) is 0.472. The molecule has 0 spiro atoms. The van der Waals surface area contributed by atoms with E-state index in [1.54, 1.807) is 6.92 Å². The maximum absolute atomic E-state index is 12.6. The lowest BCUT2D eigenvalue weighted by molar-refractivity contribution is -0.122. The Morgan fingerprint density at radius 1 is 1.00 bits per heavy atom. The molecule has 0 unspecified atom stereocenters. The molecule has 5 rings (SSSR count). The lowest BCUT2D eigenvalue weighted by atomic mass is 10.1. The van der Waals surface area contributed by atoms with Crippen LogP contribution < -0.4 is 15.0 Å². The van der Waals surface area contributed by atoms with Crippen molar-refractivity contribution in [1.82, 2.24) is 4.98 Å². The molecular weight excluding hydrogens is 390 g/mol. The van der Waals surface area contributed by atoms with Crippen molar-refractivity contribution in [3.63, 3.8) is 0 Å². The third kappa shape index (κ3) is 4.07. The van der Waals surface area contributed by atoms with Gasteiger partial charge in [0.05, 0.1) is 18.7 Å². The first-order valence-electron chi connectivity index (χ1n) is 10.6. The Hall–Kier alpha value is -3.51. The van der Waals surface area contributed by atoms with Crippen molar-refractivity contribution in [2.45, 2.75) is 13.0 Å². The number of ether oxygens (including phenoxy) is 2. The molecule has 158 valence electrons. The van der Waals surface area contributed by atoms with Crippen LogP contribution in [-0.4, -0.2) is 43.3 Å². The molecule has 2 N–H and O–H groups in total. The molecule has 0 bridgehead atoms. The van der Waals surface area contributed by atoms with Crippen LogP contribution in [0.2, 0.25) is 0 Å². The third-order valence-electron chi connectivity index (χ3n) is 5.67. The smallest absolute Gasteiger partial charge is 0.265 e. The van der Waals surface area contributed by atoms with Crippen molar-refractivity contribution >= 4 is 39.1 Å². The van der Waals surface area contributed by atoms with Gasteiger partial charge >= 0.3 is 0 Å². The molecule has 1 aliphatic rings. The SMILES string of the molecule is C[C@@H](Oc1ccc2c(c1)[nH]c1ccccc12)C(=O)Nc1ccc(N2CCOCC2)cc1. The van der Waals surface area contributed by atoms with E-state index < -0.39 is 6.10 Å². The summed E-state index contributed by atoms with van der Waals surface area (Å²) in [6, 6.07) is 21.9. The van der Waals surface area contributed by atoms with Gasteiger partial charge < -0.3 is 24.7 Å². The standard InChI is InChI=1S/C25H25N3O3/c1-17(25(29)26-18-6-8-19(9-7-18)28-12-14-30-15-13-28)31-20-10-11-22-21-4-2-3-5-23(21)27-24(22)16-20/h2-11,16-17,27H,12-15H2,1H3,(H,26,29)/t17-/m1/s1. The second-order valence-corrected chi connectivity index (χ2v) is 7.77. The first-order chi connectivity index (χ1) is 15.2. The number of carbonyl (C=O) groups is 1. The minimum absolute atomic E-state index is 0.184. The van der Waals surface area contributed by atoms with Crippen LogP contribution in [-0.2, 0) is 9.53 Å². The quantitative estimate of drug-likeness (QED) is 0.501. The predicted octanol–water partition coefficient (Wildman–Crippen LogP) is 4.56. The summed E-state index contributed by atoms with van der Waals surface area (Å²) in [6.07, 6.45) is -0.624. The van der Waals surface area contributed by atoms with Crippen LogP contribution in [0.3, 0.4) is 0 Å². The highest BCUT2D eigenvalue weighted by Crippen LogP contribution is 2.28. The number of amides is 1. The maximum atomic E-state index is 12.6. The van der Waals surface area contributed by atoms with Crippen LogP contribution in [0.4, 0.5) is 11.4 Å². The summed E-state index contributed by atoms with van der Waals surface area (Å²) in [5.41, 5.74) is 3.96. The van der Waals surface area contributed by atoms with Crippen molar-refractivity contribution in [3.8, 4) is 5.75 Å². The highest BCUT2D eigenvalue weighted by molar-refractivity contribution is 6.07. The molecule has 1 aromatic heterocycles. The average molecular weight is 415 g/mol. The van der Waals surface area contributed by atoms with E-state index in [0.29, 0.717) is 5.75 Å². The number of hydrogen-bond donors (Lipinski definition) is 2. The molecule has 6 heteroatoms. The minimum Gasteiger partial charge on any atom is -0.481 e. The zero-order valence-electron chi connectivity index (χ0n) is 17.4. The Morgan fingerprint density at radius 3 is 2.55 bits per heavy atom. The number of hydrogen-bond acceptors (Lipinski definition) is 4. The number of nitrogens with zero attached hydrogens (tertiary/aromatic N) is 1. The van der Waals surface area contributed by atoms with E-state index in [1.807, 2.05) is 54.6 Å². The number of rotatable bonds is 5. The first-order valence-corrected chi connectivity index (χ1v) is 10.6. The average Bonchev–Trinajstić information content (AvgIpc) is 3.18. The summed E-state index contributed by atoms with van der Waals surface area (Å²) >= 11 is 0. The Morgan fingerprint density at radius 2 is 1.74 bits per heavy atom. The van der Waals surface area contributed by atoms with Crippen LogP contribution in [0, 0.1) is 0 Å². The number of fused-ring (bicyclic) bond motifs is 3. The number of aromatic nitrogens is 1. The van der Waals surface area contributed by atoms with E-state index in [2.05, 4.69) is 27.3 Å². The Balaban J connectivity index is 1.24. The molecule has 0 saturated carbocycles. The van der Waals surface area contributed by atoms with Crippen molar-refractivity contribution in [2.24, 2.45) is 0 Å². The molecule has 1 saturated heterocycles. The topological polar surface area (TPSA) is 66.6 Å². The fourth-order valence-electron chi connectivity index (χ4n) is 3.99. The van der Waals surface area contributed by atoms with Gasteiger partial charge in [0, 0.05) is 46.8 Å². The van der Waals surface area contributed by atoms with Gasteiger partial charge in [0.15, 0.2) is 6.10 Å². The lowest BCUT2D eigenvalue weighted by Crippen LogP contribution is -2.36. The summed E-state index contributed by atoms with van der Waals surface area (Å²) in [7, 11) is 0. The van der Waals surface area contributed by atoms with Gasteiger partial charge in [0.2, 0.25) is 0 Å². The van der Waals surface area contributed by atoms with Gasteiger partial charge in [-0.15, -0.1) is 0 Å². The molecule has 3 aromatic carbocycles. The maximum Gasteiger partial charge on any atom is 0.265 e. The lowest BCUT2D eigenvalue weighted by Gasteiger charge is -2.29. The molecule has 1 aliphatic heterocycles. The summed E-state index contributed by atoms with van der Waals surface area (Å²) < 4.78 is 11.3. The van der Waals surface area contributed by atoms with Gasteiger partial charge in [0.25, 0.3) is 5.91 Å². The van der Waals surface area contributed by atoms with Crippen LogP contribution in [0.1, 0.15) is 6.92 Å². The summed E-state index contributed by atoms with van der Waals surface area (Å²) in [5, 5.41) is 5.25. The normalized spacial score (nSPS) is 15.2. The Kier molecular flexibility index (Phi) is 5.22. The number of H-pyrrole nitrogens is 1. The van der Waals surface area contributed by atoms with E-state index in [4.69, 9.17) is 9.47 Å². The number of aromatic amines is 1. The van der Waals surface area contributed by atoms with Crippen molar-refractivity contribution in [1.29, 1.82) is 0 Å². The van der Waals surface area contributed by atoms with E-state index in [1.165, 1.54) is 5.39 Å². The van der Waals surface area contributed by atoms with E-state index >= 15 is 0 Å². The van der Waals surface area contributed by atoms with Gasteiger partial charge in [-0.25, -0.2) is 0 Å². The van der Waals surface area contributed by atoms with Gasteiger partial charge in [-0.05, 0) is 49.4 Å². The van der Waals surface area contributed by atoms with E-state index in [-0.39, 0.29) is 5.91 Å².